The third-order valence-electron chi connectivity index (χ3n) is 2.17. The van der Waals surface area contributed by atoms with Gasteiger partial charge in [0.1, 0.15) is 5.82 Å². The average molecular weight is 248 g/mol. The molecule has 0 saturated heterocycles. The Hall–Kier alpha value is -0.680. The van der Waals surface area contributed by atoms with Crippen molar-refractivity contribution >= 4 is 11.6 Å². The largest absolute Gasteiger partial charge is 0.395 e. The molecule has 16 heavy (non-hydrogen) atoms. The molecule has 0 radical (unpaired) electrons. The Bertz CT molecular complexity index is 336. The van der Waals surface area contributed by atoms with Gasteiger partial charge in [-0.3, -0.25) is 0 Å². The van der Waals surface area contributed by atoms with Gasteiger partial charge in [-0.25, -0.2) is 4.39 Å². The Morgan fingerprint density at radius 2 is 2.31 bits per heavy atom. The van der Waals surface area contributed by atoms with Crippen molar-refractivity contribution in [3.63, 3.8) is 0 Å². The first-order valence-electron chi connectivity index (χ1n) is 4.94. The predicted octanol–water partition coefficient (Wildman–Crippen LogP) is 1.58. The van der Waals surface area contributed by atoms with Gasteiger partial charge in [0.05, 0.1) is 24.3 Å². The van der Waals surface area contributed by atoms with E-state index >= 15 is 0 Å². The summed E-state index contributed by atoms with van der Waals surface area (Å²) in [6.07, 6.45) is 0. The van der Waals surface area contributed by atoms with Crippen molar-refractivity contribution in [2.45, 2.75) is 12.6 Å². The molecule has 0 aromatic heterocycles. The molecule has 5 heteroatoms. The number of aliphatic hydroxyl groups is 1. The van der Waals surface area contributed by atoms with Crippen molar-refractivity contribution in [3.05, 3.63) is 34.6 Å². The van der Waals surface area contributed by atoms with E-state index in [9.17, 15) is 4.39 Å². The van der Waals surface area contributed by atoms with Gasteiger partial charge in [0, 0.05) is 13.7 Å². The van der Waals surface area contributed by atoms with Crippen molar-refractivity contribution in [2.75, 3.05) is 20.3 Å². The summed E-state index contributed by atoms with van der Waals surface area (Å²) in [6, 6.07) is 4.40. The molecule has 1 aromatic carbocycles. The van der Waals surface area contributed by atoms with Crippen molar-refractivity contribution in [3.8, 4) is 0 Å². The topological polar surface area (TPSA) is 41.5 Å². The van der Waals surface area contributed by atoms with Gasteiger partial charge < -0.3 is 15.2 Å². The van der Waals surface area contributed by atoms with Crippen LogP contribution in [0.1, 0.15) is 5.56 Å². The van der Waals surface area contributed by atoms with Gasteiger partial charge in [-0.2, -0.15) is 0 Å². The van der Waals surface area contributed by atoms with E-state index in [0.29, 0.717) is 13.2 Å². The molecular weight excluding hydrogens is 233 g/mol. The van der Waals surface area contributed by atoms with Gasteiger partial charge in [0.15, 0.2) is 0 Å². The number of halogens is 2. The summed E-state index contributed by atoms with van der Waals surface area (Å²) in [7, 11) is 1.57. The Labute approximate surface area is 99.2 Å². The highest BCUT2D eigenvalue weighted by Crippen LogP contribution is 2.15. The summed E-state index contributed by atoms with van der Waals surface area (Å²) in [4.78, 5) is 0. The second kappa shape index (κ2) is 6.81. The van der Waals surface area contributed by atoms with Gasteiger partial charge in [-0.1, -0.05) is 17.7 Å². The van der Waals surface area contributed by atoms with Crippen molar-refractivity contribution in [1.29, 1.82) is 0 Å². The summed E-state index contributed by atoms with van der Waals surface area (Å²) in [6.45, 7) is 0.919. The standard InChI is InChI=1S/C11H15ClFNO2/c1-16-7-9(6-15)14-5-8-2-3-11(13)10(12)4-8/h2-4,9,14-15H,5-7H2,1H3. The number of nitrogens with one attached hydrogen (secondary N) is 1. The zero-order chi connectivity index (χ0) is 12.0. The smallest absolute Gasteiger partial charge is 0.141 e. The van der Waals surface area contributed by atoms with E-state index in [4.69, 9.17) is 21.4 Å². The van der Waals surface area contributed by atoms with E-state index in [1.165, 1.54) is 6.07 Å². The molecule has 1 rings (SSSR count). The molecule has 1 atom stereocenters. The molecule has 0 saturated carbocycles. The normalized spacial score (nSPS) is 12.8. The summed E-state index contributed by atoms with van der Waals surface area (Å²) in [5, 5.41) is 12.2. The fourth-order valence-electron chi connectivity index (χ4n) is 1.29. The number of hydrogen-bond donors (Lipinski definition) is 2. The highest BCUT2D eigenvalue weighted by Gasteiger charge is 2.06. The zero-order valence-electron chi connectivity index (χ0n) is 9.04. The number of hydrogen-bond acceptors (Lipinski definition) is 3. The molecule has 0 aliphatic rings. The molecule has 0 aliphatic carbocycles. The first-order chi connectivity index (χ1) is 7.67. The molecule has 2 N–H and O–H groups in total. The molecule has 3 nitrogen and oxygen atoms in total. The fraction of sp³-hybridized carbons (Fsp3) is 0.455. The lowest BCUT2D eigenvalue weighted by Crippen LogP contribution is -2.35. The SMILES string of the molecule is COCC(CO)NCc1ccc(F)c(Cl)c1. The minimum Gasteiger partial charge on any atom is -0.395 e. The van der Waals surface area contributed by atoms with Crippen LogP contribution in [-0.2, 0) is 11.3 Å². The van der Waals surface area contributed by atoms with Crippen molar-refractivity contribution < 1.29 is 14.2 Å². The average Bonchev–Trinajstić information content (AvgIpc) is 2.28. The van der Waals surface area contributed by atoms with E-state index in [-0.39, 0.29) is 17.7 Å². The maximum atomic E-state index is 12.9. The quantitative estimate of drug-likeness (QED) is 0.802. The summed E-state index contributed by atoms with van der Waals surface area (Å²) in [5.41, 5.74) is 0.862. The third-order valence-corrected chi connectivity index (χ3v) is 2.46. The monoisotopic (exact) mass is 247 g/mol. The molecule has 0 bridgehead atoms. The second-order valence-electron chi connectivity index (χ2n) is 3.46. The van der Waals surface area contributed by atoms with Crippen LogP contribution in [0.2, 0.25) is 5.02 Å². The van der Waals surface area contributed by atoms with Gasteiger partial charge in [0.25, 0.3) is 0 Å². The minimum absolute atomic E-state index is 0.0111. The minimum atomic E-state index is -0.430. The maximum Gasteiger partial charge on any atom is 0.141 e. The third kappa shape index (κ3) is 4.06. The number of ether oxygens (including phenoxy) is 1. The molecule has 1 aromatic rings. The van der Waals surface area contributed by atoms with Gasteiger partial charge in [-0.05, 0) is 17.7 Å². The van der Waals surface area contributed by atoms with Crippen LogP contribution in [-0.4, -0.2) is 31.5 Å². The van der Waals surface area contributed by atoms with Gasteiger partial charge in [0.2, 0.25) is 0 Å². The predicted molar refractivity (Wildman–Crippen MR) is 61.0 cm³/mol. The Morgan fingerprint density at radius 3 is 2.88 bits per heavy atom. The summed E-state index contributed by atoms with van der Waals surface area (Å²) >= 11 is 5.65. The van der Waals surface area contributed by atoms with Crippen LogP contribution in [0.3, 0.4) is 0 Å². The maximum absolute atomic E-state index is 12.9. The summed E-state index contributed by atoms with van der Waals surface area (Å²) < 4.78 is 17.8. The highest BCUT2D eigenvalue weighted by atomic mass is 35.5. The van der Waals surface area contributed by atoms with Crippen LogP contribution in [0.4, 0.5) is 4.39 Å². The van der Waals surface area contributed by atoms with Crippen LogP contribution >= 0.6 is 11.6 Å². The lowest BCUT2D eigenvalue weighted by atomic mass is 10.2. The van der Waals surface area contributed by atoms with Crippen LogP contribution < -0.4 is 5.32 Å². The lowest BCUT2D eigenvalue weighted by Gasteiger charge is -2.15. The zero-order valence-corrected chi connectivity index (χ0v) is 9.80. The van der Waals surface area contributed by atoms with Crippen LogP contribution in [0.25, 0.3) is 0 Å². The number of methoxy groups -OCH3 is 1. The number of aliphatic hydroxyl groups excluding tert-OH is 1. The van der Waals surface area contributed by atoms with E-state index in [2.05, 4.69) is 5.32 Å². The Kier molecular flexibility index (Phi) is 5.69. The molecule has 90 valence electrons. The Morgan fingerprint density at radius 1 is 1.56 bits per heavy atom. The van der Waals surface area contributed by atoms with E-state index in [0.717, 1.165) is 5.56 Å². The lowest BCUT2D eigenvalue weighted by molar-refractivity contribution is 0.128. The van der Waals surface area contributed by atoms with Crippen LogP contribution in [0.5, 0.6) is 0 Å². The summed E-state index contributed by atoms with van der Waals surface area (Å²) in [5.74, 6) is -0.430. The molecule has 1 unspecified atom stereocenters. The van der Waals surface area contributed by atoms with Crippen LogP contribution in [0, 0.1) is 5.82 Å². The van der Waals surface area contributed by atoms with Crippen molar-refractivity contribution in [1.82, 2.24) is 5.32 Å². The number of rotatable bonds is 6. The van der Waals surface area contributed by atoms with Crippen molar-refractivity contribution in [2.24, 2.45) is 0 Å². The van der Waals surface area contributed by atoms with Gasteiger partial charge >= 0.3 is 0 Å². The van der Waals surface area contributed by atoms with E-state index < -0.39 is 5.82 Å². The van der Waals surface area contributed by atoms with E-state index in [1.54, 1.807) is 19.2 Å². The second-order valence-corrected chi connectivity index (χ2v) is 3.87. The van der Waals surface area contributed by atoms with Crippen LogP contribution in [0.15, 0.2) is 18.2 Å². The molecule has 0 heterocycles. The molecule has 0 spiro atoms. The number of benzene rings is 1. The Balaban J connectivity index is 2.50. The highest BCUT2D eigenvalue weighted by molar-refractivity contribution is 6.30. The van der Waals surface area contributed by atoms with E-state index in [1.807, 2.05) is 0 Å². The fourth-order valence-corrected chi connectivity index (χ4v) is 1.49. The first-order valence-corrected chi connectivity index (χ1v) is 5.32. The molecular formula is C11H15ClFNO2. The molecule has 0 fully saturated rings. The van der Waals surface area contributed by atoms with Gasteiger partial charge in [-0.15, -0.1) is 0 Å². The first kappa shape index (κ1) is 13.4. The molecule has 0 aliphatic heterocycles. The molecule has 0 amide bonds.